The number of thiazole rings is 1. The molecule has 5 heteroatoms. The Balaban J connectivity index is 1.57. The van der Waals surface area contributed by atoms with E-state index in [1.54, 1.807) is 6.20 Å². The summed E-state index contributed by atoms with van der Waals surface area (Å²) in [6, 6.07) is 6.11. The SMILES string of the molecule is C[C@@H]1CCC[C@@H](NC(=O)Cc2csc(-c3ccccn3)n2)C1. The van der Waals surface area contributed by atoms with Gasteiger partial charge in [0.05, 0.1) is 17.8 Å². The number of pyridine rings is 1. The molecule has 1 fully saturated rings. The summed E-state index contributed by atoms with van der Waals surface area (Å²) < 4.78 is 0. The number of hydrogen-bond acceptors (Lipinski definition) is 4. The molecule has 2 aromatic heterocycles. The van der Waals surface area contributed by atoms with Gasteiger partial charge in [-0.1, -0.05) is 25.8 Å². The topological polar surface area (TPSA) is 54.9 Å². The van der Waals surface area contributed by atoms with Crippen LogP contribution in [0, 0.1) is 5.92 Å². The van der Waals surface area contributed by atoms with Gasteiger partial charge in [-0.25, -0.2) is 4.98 Å². The van der Waals surface area contributed by atoms with Crippen molar-refractivity contribution < 1.29 is 4.79 Å². The van der Waals surface area contributed by atoms with Crippen LogP contribution in [0.4, 0.5) is 0 Å². The van der Waals surface area contributed by atoms with Gasteiger partial charge >= 0.3 is 0 Å². The van der Waals surface area contributed by atoms with Crippen LogP contribution in [-0.2, 0) is 11.2 Å². The van der Waals surface area contributed by atoms with Crippen LogP contribution in [0.25, 0.3) is 10.7 Å². The van der Waals surface area contributed by atoms with E-state index in [2.05, 4.69) is 22.2 Å². The fourth-order valence-electron chi connectivity index (χ4n) is 3.00. The molecule has 1 aliphatic rings. The number of aromatic nitrogens is 2. The van der Waals surface area contributed by atoms with Crippen molar-refractivity contribution in [2.24, 2.45) is 5.92 Å². The van der Waals surface area contributed by atoms with Crippen molar-refractivity contribution in [3.63, 3.8) is 0 Å². The van der Waals surface area contributed by atoms with Crippen LogP contribution in [0.1, 0.15) is 38.3 Å². The van der Waals surface area contributed by atoms with E-state index < -0.39 is 0 Å². The van der Waals surface area contributed by atoms with Crippen LogP contribution in [0.5, 0.6) is 0 Å². The molecule has 0 saturated heterocycles. The van der Waals surface area contributed by atoms with Gasteiger partial charge < -0.3 is 5.32 Å². The lowest BCUT2D eigenvalue weighted by Crippen LogP contribution is -2.38. The Kier molecular flexibility index (Phi) is 4.83. The normalized spacial score (nSPS) is 21.5. The Morgan fingerprint density at radius 1 is 1.41 bits per heavy atom. The van der Waals surface area contributed by atoms with Crippen molar-refractivity contribution in [1.82, 2.24) is 15.3 Å². The molecule has 22 heavy (non-hydrogen) atoms. The Morgan fingerprint density at radius 3 is 3.09 bits per heavy atom. The van der Waals surface area contributed by atoms with Gasteiger partial charge in [-0.2, -0.15) is 0 Å². The number of nitrogens with one attached hydrogen (secondary N) is 1. The summed E-state index contributed by atoms with van der Waals surface area (Å²) in [5, 5.41) is 5.98. The molecule has 2 heterocycles. The summed E-state index contributed by atoms with van der Waals surface area (Å²) in [4.78, 5) is 21.0. The van der Waals surface area contributed by atoms with Gasteiger partial charge in [-0.3, -0.25) is 9.78 Å². The summed E-state index contributed by atoms with van der Waals surface area (Å²) in [5.41, 5.74) is 1.69. The second kappa shape index (κ2) is 7.01. The Bertz CT molecular complexity index is 626. The number of amides is 1. The first-order chi connectivity index (χ1) is 10.7. The van der Waals surface area contributed by atoms with Crippen LogP contribution in [-0.4, -0.2) is 21.9 Å². The Hall–Kier alpha value is -1.75. The van der Waals surface area contributed by atoms with E-state index in [9.17, 15) is 4.79 Å². The summed E-state index contributed by atoms with van der Waals surface area (Å²) in [5.74, 6) is 0.797. The number of carbonyl (C=O) groups excluding carboxylic acids is 1. The minimum atomic E-state index is 0.0805. The van der Waals surface area contributed by atoms with Gasteiger partial charge in [0.1, 0.15) is 5.01 Å². The van der Waals surface area contributed by atoms with E-state index in [1.807, 2.05) is 23.6 Å². The van der Waals surface area contributed by atoms with Gasteiger partial charge in [-0.05, 0) is 30.9 Å². The van der Waals surface area contributed by atoms with Crippen LogP contribution < -0.4 is 5.32 Å². The molecule has 0 spiro atoms. The average molecular weight is 315 g/mol. The Labute approximate surface area is 135 Å². The summed E-state index contributed by atoms with van der Waals surface area (Å²) in [6.07, 6.45) is 6.81. The number of hydrogen-bond donors (Lipinski definition) is 1. The molecule has 0 bridgehead atoms. The van der Waals surface area contributed by atoms with Gasteiger partial charge in [0, 0.05) is 17.6 Å². The third kappa shape index (κ3) is 3.91. The lowest BCUT2D eigenvalue weighted by atomic mass is 9.87. The molecule has 1 N–H and O–H groups in total. The zero-order valence-electron chi connectivity index (χ0n) is 12.8. The predicted molar refractivity (Wildman–Crippen MR) is 88.6 cm³/mol. The van der Waals surface area contributed by atoms with Gasteiger partial charge in [0.2, 0.25) is 5.91 Å². The highest BCUT2D eigenvalue weighted by molar-refractivity contribution is 7.13. The fraction of sp³-hybridized carbons (Fsp3) is 0.471. The largest absolute Gasteiger partial charge is 0.353 e. The van der Waals surface area contributed by atoms with Crippen molar-refractivity contribution in [2.75, 3.05) is 0 Å². The van der Waals surface area contributed by atoms with Crippen molar-refractivity contribution in [3.05, 3.63) is 35.5 Å². The van der Waals surface area contributed by atoms with Crippen LogP contribution in [0.15, 0.2) is 29.8 Å². The molecule has 0 unspecified atom stereocenters. The molecular weight excluding hydrogens is 294 g/mol. The summed E-state index contributed by atoms with van der Waals surface area (Å²) >= 11 is 1.54. The van der Waals surface area contributed by atoms with E-state index in [0.717, 1.165) is 29.2 Å². The molecule has 0 aromatic carbocycles. The highest BCUT2D eigenvalue weighted by Gasteiger charge is 2.20. The first-order valence-corrected chi connectivity index (χ1v) is 8.74. The first-order valence-electron chi connectivity index (χ1n) is 7.86. The Morgan fingerprint density at radius 2 is 2.32 bits per heavy atom. The van der Waals surface area contributed by atoms with Crippen molar-refractivity contribution in [2.45, 2.75) is 45.1 Å². The predicted octanol–water partition coefficient (Wildman–Crippen LogP) is 3.44. The molecular formula is C17H21N3OS. The maximum atomic E-state index is 12.2. The van der Waals surface area contributed by atoms with Crippen molar-refractivity contribution >= 4 is 17.2 Å². The van der Waals surface area contributed by atoms with E-state index in [-0.39, 0.29) is 5.91 Å². The zero-order chi connectivity index (χ0) is 15.4. The van der Waals surface area contributed by atoms with Crippen LogP contribution >= 0.6 is 11.3 Å². The highest BCUT2D eigenvalue weighted by atomic mass is 32.1. The van der Waals surface area contributed by atoms with Crippen molar-refractivity contribution in [3.8, 4) is 10.7 Å². The molecule has 1 aliphatic carbocycles. The van der Waals surface area contributed by atoms with Gasteiger partial charge in [0.15, 0.2) is 0 Å². The molecule has 0 radical (unpaired) electrons. The third-order valence-electron chi connectivity index (χ3n) is 4.08. The molecule has 2 aromatic rings. The number of nitrogens with zero attached hydrogens (tertiary/aromatic N) is 2. The second-order valence-electron chi connectivity index (χ2n) is 6.07. The van der Waals surface area contributed by atoms with Gasteiger partial charge in [-0.15, -0.1) is 11.3 Å². The van der Waals surface area contributed by atoms with Gasteiger partial charge in [0.25, 0.3) is 0 Å². The maximum absolute atomic E-state index is 12.2. The lowest BCUT2D eigenvalue weighted by Gasteiger charge is -2.27. The molecule has 3 rings (SSSR count). The standard InChI is InChI=1S/C17H21N3OS/c1-12-5-4-6-13(9-12)19-16(21)10-14-11-22-17(20-14)15-7-2-3-8-18-15/h2-3,7-8,11-13H,4-6,9-10H2,1H3,(H,19,21)/t12-,13-/m1/s1. The van der Waals surface area contributed by atoms with Crippen LogP contribution in [0.3, 0.4) is 0 Å². The first kappa shape index (κ1) is 15.2. The monoisotopic (exact) mass is 315 g/mol. The summed E-state index contributed by atoms with van der Waals surface area (Å²) in [7, 11) is 0. The van der Waals surface area contributed by atoms with E-state index in [4.69, 9.17) is 0 Å². The molecule has 4 nitrogen and oxygen atoms in total. The molecule has 1 amide bonds. The molecule has 2 atom stereocenters. The minimum Gasteiger partial charge on any atom is -0.353 e. The summed E-state index contributed by atoms with van der Waals surface area (Å²) in [6.45, 7) is 2.26. The van der Waals surface area contributed by atoms with E-state index >= 15 is 0 Å². The molecule has 1 saturated carbocycles. The smallest absolute Gasteiger partial charge is 0.226 e. The highest BCUT2D eigenvalue weighted by Crippen LogP contribution is 2.24. The van der Waals surface area contributed by atoms with E-state index in [0.29, 0.717) is 18.4 Å². The number of carbonyl (C=O) groups is 1. The van der Waals surface area contributed by atoms with Crippen molar-refractivity contribution in [1.29, 1.82) is 0 Å². The number of rotatable bonds is 4. The fourth-order valence-corrected chi connectivity index (χ4v) is 3.80. The molecule has 0 aliphatic heterocycles. The molecule has 116 valence electrons. The maximum Gasteiger partial charge on any atom is 0.226 e. The van der Waals surface area contributed by atoms with Crippen LogP contribution in [0.2, 0.25) is 0 Å². The zero-order valence-corrected chi connectivity index (χ0v) is 13.6. The minimum absolute atomic E-state index is 0.0805. The van der Waals surface area contributed by atoms with E-state index in [1.165, 1.54) is 24.2 Å². The second-order valence-corrected chi connectivity index (χ2v) is 6.93. The average Bonchev–Trinajstić information content (AvgIpc) is 2.96. The quantitative estimate of drug-likeness (QED) is 0.940. The third-order valence-corrected chi connectivity index (χ3v) is 4.99. The lowest BCUT2D eigenvalue weighted by molar-refractivity contribution is -0.121.